The van der Waals surface area contributed by atoms with Crippen LogP contribution >= 0.6 is 0 Å². The first-order valence-corrected chi connectivity index (χ1v) is 20.1. The van der Waals surface area contributed by atoms with E-state index in [1.165, 1.54) is 11.4 Å². The van der Waals surface area contributed by atoms with Crippen LogP contribution in [0, 0.1) is 23.7 Å². The highest BCUT2D eigenvalue weighted by molar-refractivity contribution is 7.92. The summed E-state index contributed by atoms with van der Waals surface area (Å²) in [4.78, 5) is 26.3. The summed E-state index contributed by atoms with van der Waals surface area (Å²) in [7, 11) is -0.687. The van der Waals surface area contributed by atoms with E-state index in [4.69, 9.17) is 19.1 Å². The van der Waals surface area contributed by atoms with Crippen molar-refractivity contribution in [3.63, 3.8) is 0 Å². The molecule has 1 amide bonds. The molecule has 6 heterocycles. The smallest absolute Gasteiger partial charge is 0.255 e. The number of anilines is 1. The van der Waals surface area contributed by atoms with Gasteiger partial charge >= 0.3 is 0 Å². The summed E-state index contributed by atoms with van der Waals surface area (Å²) in [6.45, 7) is 6.17. The maximum absolute atomic E-state index is 13.5. The maximum Gasteiger partial charge on any atom is 0.255 e. The van der Waals surface area contributed by atoms with Gasteiger partial charge in [-0.05, 0) is 56.2 Å². The predicted molar refractivity (Wildman–Crippen MR) is 212 cm³/mol. The van der Waals surface area contributed by atoms with Crippen LogP contribution in [0.2, 0.25) is 0 Å². The number of fused-ring (bicyclic) bond motifs is 6. The molecule has 7 aromatic rings. The Balaban J connectivity index is 1.25. The Bertz CT molecular complexity index is 2860. The van der Waals surface area contributed by atoms with E-state index in [2.05, 4.69) is 20.7 Å². The van der Waals surface area contributed by atoms with E-state index in [9.17, 15) is 18.5 Å². The van der Waals surface area contributed by atoms with Crippen molar-refractivity contribution in [3.05, 3.63) is 95.3 Å². The fraction of sp³-hybridized carbons (Fsp3) is 0.286. The topological polar surface area (TPSA) is 146 Å². The lowest BCUT2D eigenvalue weighted by molar-refractivity contribution is -0.0847. The van der Waals surface area contributed by atoms with Crippen LogP contribution in [0.25, 0.3) is 61.0 Å². The zero-order valence-corrected chi connectivity index (χ0v) is 31.8. The Morgan fingerprint density at radius 1 is 1.00 bits per heavy atom. The van der Waals surface area contributed by atoms with Gasteiger partial charge < -0.3 is 14.5 Å². The number of aromatic nitrogens is 3. The second-order valence-electron chi connectivity index (χ2n) is 14.9. The molecule has 0 bridgehead atoms. The van der Waals surface area contributed by atoms with E-state index in [-0.39, 0.29) is 5.91 Å². The number of furan rings is 1. The van der Waals surface area contributed by atoms with E-state index in [1.54, 1.807) is 19.2 Å². The molecule has 9 rings (SSSR count). The molecule has 1 N–H and O–H groups in total. The number of rotatable bonds is 7. The molecule has 0 atom stereocenters. The van der Waals surface area contributed by atoms with E-state index in [0.29, 0.717) is 73.4 Å². The number of likely N-dealkylation sites (tertiary alicyclic amines) is 1. The van der Waals surface area contributed by atoms with Crippen molar-refractivity contribution < 1.29 is 22.4 Å². The Kier molecular flexibility index (Phi) is 8.20. The lowest BCUT2D eigenvalue weighted by atomic mass is 9.73. The van der Waals surface area contributed by atoms with Crippen LogP contribution in [0.5, 0.6) is 0 Å². The summed E-state index contributed by atoms with van der Waals surface area (Å²) in [5.74, 6) is 0.884. The monoisotopic (exact) mass is 753 g/mol. The van der Waals surface area contributed by atoms with Gasteiger partial charge in [-0.15, -0.1) is 0 Å². The van der Waals surface area contributed by atoms with Crippen LogP contribution in [0.15, 0.2) is 77.2 Å². The molecule has 1 spiro atoms. The average molecular weight is 754 g/mol. The molecule has 2 aliphatic heterocycles. The van der Waals surface area contributed by atoms with Gasteiger partial charge in [0.25, 0.3) is 5.91 Å². The zero-order chi connectivity index (χ0) is 38.2. The number of carbonyl (C=O) groups is 1. The zero-order valence-electron chi connectivity index (χ0n) is 31.0. The standard InChI is InChI=1S/C42H39N7O5S/c1-25-8-10-26(11-9-25)40-38(41(50)44-2)30-18-29(34(20-36(30)54-40)47(3)55(4,51)52)31-12-13-32-39(46-31)35-19-28-27(21-43)6-5-7-33(28)49(35)37(45-32)22-48-23-42(24-48)14-16-53-17-15-42/h5-13,18-20H,14-17,22-24H2,1-4H3,(H,44,50). The van der Waals surface area contributed by atoms with Gasteiger partial charge in [-0.1, -0.05) is 35.9 Å². The number of amides is 1. The van der Waals surface area contributed by atoms with E-state index in [1.807, 2.05) is 67.6 Å². The highest BCUT2D eigenvalue weighted by atomic mass is 32.2. The number of benzene rings is 3. The van der Waals surface area contributed by atoms with Gasteiger partial charge in [0, 0.05) is 73.8 Å². The van der Waals surface area contributed by atoms with Gasteiger partial charge in [0.2, 0.25) is 10.0 Å². The predicted octanol–water partition coefficient (Wildman–Crippen LogP) is 6.66. The van der Waals surface area contributed by atoms with Crippen LogP contribution in [0.3, 0.4) is 0 Å². The largest absolute Gasteiger partial charge is 0.455 e. The molecule has 278 valence electrons. The third-order valence-corrected chi connectivity index (χ3v) is 12.5. The van der Waals surface area contributed by atoms with Crippen LogP contribution < -0.4 is 9.62 Å². The lowest BCUT2D eigenvalue weighted by Crippen LogP contribution is -2.57. The molecular formula is C42H39N7O5S. The van der Waals surface area contributed by atoms with Crippen molar-refractivity contribution in [3.8, 4) is 28.7 Å². The molecule has 2 fully saturated rings. The van der Waals surface area contributed by atoms with E-state index >= 15 is 0 Å². The third-order valence-electron chi connectivity index (χ3n) is 11.3. The van der Waals surface area contributed by atoms with Crippen LogP contribution in [0.1, 0.15) is 40.2 Å². The summed E-state index contributed by atoms with van der Waals surface area (Å²) >= 11 is 0. The molecule has 3 aromatic carbocycles. The first-order chi connectivity index (χ1) is 26.5. The van der Waals surface area contributed by atoms with Crippen LogP contribution in [0.4, 0.5) is 5.69 Å². The minimum absolute atomic E-state index is 0.295. The third kappa shape index (κ3) is 5.80. The number of nitrogens with one attached hydrogen (secondary N) is 1. The number of nitrogens with zero attached hydrogens (tertiary/aromatic N) is 6. The number of hydrogen-bond acceptors (Lipinski definition) is 9. The second kappa shape index (κ2) is 12.9. The van der Waals surface area contributed by atoms with Crippen molar-refractivity contribution >= 4 is 60.0 Å². The molecule has 13 heteroatoms. The highest BCUT2D eigenvalue weighted by Gasteiger charge is 2.44. The molecule has 0 unspecified atom stereocenters. The van der Waals surface area contributed by atoms with Crippen molar-refractivity contribution in [1.29, 1.82) is 5.26 Å². The normalized spacial score (nSPS) is 15.8. The van der Waals surface area contributed by atoms with Gasteiger partial charge in [-0.2, -0.15) is 5.26 Å². The number of aryl methyl sites for hydroxylation is 1. The highest BCUT2D eigenvalue weighted by Crippen LogP contribution is 2.43. The summed E-state index contributed by atoms with van der Waals surface area (Å²) in [6, 6.07) is 24.9. The molecule has 2 aliphatic rings. The minimum atomic E-state index is -3.74. The second-order valence-corrected chi connectivity index (χ2v) is 16.9. The Labute approximate surface area is 318 Å². The quantitative estimate of drug-likeness (QED) is 0.189. The van der Waals surface area contributed by atoms with Gasteiger partial charge in [-0.25, -0.2) is 18.4 Å². The van der Waals surface area contributed by atoms with Gasteiger partial charge in [-0.3, -0.25) is 18.4 Å². The number of hydrogen-bond donors (Lipinski definition) is 1. The fourth-order valence-corrected chi connectivity index (χ4v) is 8.83. The molecule has 12 nitrogen and oxygen atoms in total. The number of sulfonamides is 1. The molecule has 2 saturated heterocycles. The molecule has 4 aromatic heterocycles. The molecule has 0 radical (unpaired) electrons. The molecule has 0 saturated carbocycles. The number of carbonyl (C=O) groups excluding carboxylic acids is 1. The average Bonchev–Trinajstić information content (AvgIpc) is 3.76. The minimum Gasteiger partial charge on any atom is -0.455 e. The summed E-state index contributed by atoms with van der Waals surface area (Å²) in [5, 5.41) is 14.1. The van der Waals surface area contributed by atoms with Gasteiger partial charge in [0.05, 0.1) is 57.9 Å². The van der Waals surface area contributed by atoms with Crippen molar-refractivity contribution in [1.82, 2.24) is 24.6 Å². The lowest BCUT2D eigenvalue weighted by Gasteiger charge is -2.52. The first kappa shape index (κ1) is 34.9. The SMILES string of the molecule is CNC(=O)c1c(-c2ccc(C)cc2)oc2cc(N(C)S(C)(=O)=O)c(-c3ccc4nc(CN5CC6(CCOCC6)C5)n5c6cccc(C#N)c6cc5c4n3)cc12. The van der Waals surface area contributed by atoms with E-state index in [0.717, 1.165) is 73.2 Å². The van der Waals surface area contributed by atoms with Crippen LogP contribution in [-0.2, 0) is 21.3 Å². The number of ether oxygens (including phenoxy) is 1. The molecule has 55 heavy (non-hydrogen) atoms. The van der Waals surface area contributed by atoms with E-state index < -0.39 is 10.0 Å². The van der Waals surface area contributed by atoms with Crippen LogP contribution in [-0.4, -0.2) is 80.2 Å². The summed E-state index contributed by atoms with van der Waals surface area (Å²) < 4.78 is 41.5. The Hall–Kier alpha value is -5.81. The van der Waals surface area contributed by atoms with Crippen molar-refractivity contribution in [2.45, 2.75) is 26.3 Å². The molecule has 0 aliphatic carbocycles. The summed E-state index contributed by atoms with van der Waals surface area (Å²) in [5.41, 5.74) is 7.53. The summed E-state index contributed by atoms with van der Waals surface area (Å²) in [6.07, 6.45) is 3.27. The fourth-order valence-electron chi connectivity index (χ4n) is 8.33. The van der Waals surface area contributed by atoms with Gasteiger partial charge in [0.1, 0.15) is 22.7 Å². The Morgan fingerprint density at radius 2 is 1.76 bits per heavy atom. The number of pyridine rings is 1. The maximum atomic E-state index is 13.5. The first-order valence-electron chi connectivity index (χ1n) is 18.2. The number of nitriles is 1. The Morgan fingerprint density at radius 3 is 2.47 bits per heavy atom. The van der Waals surface area contributed by atoms with Crippen molar-refractivity contribution in [2.24, 2.45) is 5.41 Å². The van der Waals surface area contributed by atoms with Gasteiger partial charge in [0.15, 0.2) is 0 Å². The molecular weight excluding hydrogens is 715 g/mol. The van der Waals surface area contributed by atoms with Crippen molar-refractivity contribution in [2.75, 3.05) is 51.0 Å².